The average molecular weight is 278 g/mol. The zero-order valence-corrected chi connectivity index (χ0v) is 10.9. The van der Waals surface area contributed by atoms with E-state index >= 15 is 0 Å². The topological polar surface area (TPSA) is 72.5 Å². The first-order valence-electron chi connectivity index (χ1n) is 5.55. The Hall–Kier alpha value is -2.20. The molecule has 0 fully saturated rings. The third-order valence-corrected chi connectivity index (χ3v) is 2.89. The van der Waals surface area contributed by atoms with E-state index in [1.807, 2.05) is 6.92 Å². The molecule has 0 amide bonds. The summed E-state index contributed by atoms with van der Waals surface area (Å²) in [7, 11) is 0. The number of para-hydroxylation sites is 1. The lowest BCUT2D eigenvalue weighted by molar-refractivity contribution is 0.0698. The van der Waals surface area contributed by atoms with Crippen LogP contribution in [0.4, 0.5) is 5.69 Å². The Morgan fingerprint density at radius 2 is 2.00 bits per heavy atom. The molecule has 0 bridgehead atoms. The molecule has 0 saturated heterocycles. The second-order valence-corrected chi connectivity index (χ2v) is 4.47. The minimum Gasteiger partial charge on any atom is -0.478 e. The number of benzene rings is 2. The number of nitrogens with two attached hydrogens (primary N) is 1. The molecular weight excluding hydrogens is 266 g/mol. The second-order valence-electron chi connectivity index (χ2n) is 4.03. The van der Waals surface area contributed by atoms with E-state index in [2.05, 4.69) is 0 Å². The quantitative estimate of drug-likeness (QED) is 0.839. The van der Waals surface area contributed by atoms with Crippen molar-refractivity contribution in [2.75, 3.05) is 5.73 Å². The maximum atomic E-state index is 11.0. The molecule has 0 spiro atoms. The van der Waals surface area contributed by atoms with Gasteiger partial charge in [-0.15, -0.1) is 0 Å². The van der Waals surface area contributed by atoms with Gasteiger partial charge < -0.3 is 15.6 Å². The fourth-order valence-corrected chi connectivity index (χ4v) is 1.89. The molecule has 0 aliphatic carbocycles. The molecule has 0 aliphatic rings. The normalized spacial score (nSPS) is 10.2. The third-order valence-electron chi connectivity index (χ3n) is 2.65. The zero-order chi connectivity index (χ0) is 14.0. The van der Waals surface area contributed by atoms with Crippen LogP contribution < -0.4 is 10.5 Å². The van der Waals surface area contributed by atoms with Crippen molar-refractivity contribution in [3.63, 3.8) is 0 Å². The number of aromatic carboxylic acids is 1. The summed E-state index contributed by atoms with van der Waals surface area (Å²) in [6.07, 6.45) is 0. The van der Waals surface area contributed by atoms with Crippen molar-refractivity contribution in [1.29, 1.82) is 0 Å². The van der Waals surface area contributed by atoms with Gasteiger partial charge in [-0.3, -0.25) is 0 Å². The van der Waals surface area contributed by atoms with Crippen molar-refractivity contribution in [3.05, 3.63) is 52.5 Å². The number of rotatable bonds is 3. The van der Waals surface area contributed by atoms with Gasteiger partial charge in [0.1, 0.15) is 5.75 Å². The monoisotopic (exact) mass is 277 g/mol. The summed E-state index contributed by atoms with van der Waals surface area (Å²) in [5.74, 6) is -0.195. The first kappa shape index (κ1) is 13.2. The molecule has 2 rings (SSSR count). The SMILES string of the molecule is Cc1cc(Cl)ccc1Oc1cccc(C(=O)O)c1N. The standard InChI is InChI=1S/C14H12ClNO3/c1-8-7-9(15)5-6-11(8)19-12-4-2-3-10(13(12)16)14(17)18/h2-7H,16H2,1H3,(H,17,18). The Balaban J connectivity index is 2.38. The highest BCUT2D eigenvalue weighted by molar-refractivity contribution is 6.30. The Morgan fingerprint density at radius 3 is 2.63 bits per heavy atom. The fourth-order valence-electron chi connectivity index (χ4n) is 1.67. The lowest BCUT2D eigenvalue weighted by Gasteiger charge is -2.12. The number of anilines is 1. The van der Waals surface area contributed by atoms with E-state index in [4.69, 9.17) is 27.2 Å². The van der Waals surface area contributed by atoms with Gasteiger partial charge in [0.2, 0.25) is 0 Å². The van der Waals surface area contributed by atoms with Crippen LogP contribution in [0.15, 0.2) is 36.4 Å². The average Bonchev–Trinajstić information content (AvgIpc) is 2.34. The van der Waals surface area contributed by atoms with Crippen LogP contribution in [-0.2, 0) is 0 Å². The predicted octanol–water partition coefficient (Wildman–Crippen LogP) is 3.72. The van der Waals surface area contributed by atoms with E-state index in [1.54, 1.807) is 30.3 Å². The number of carbonyl (C=O) groups is 1. The molecule has 2 aromatic carbocycles. The zero-order valence-electron chi connectivity index (χ0n) is 10.2. The van der Waals surface area contributed by atoms with E-state index in [9.17, 15) is 4.79 Å². The number of hydrogen-bond acceptors (Lipinski definition) is 3. The van der Waals surface area contributed by atoms with Gasteiger partial charge >= 0.3 is 5.97 Å². The van der Waals surface area contributed by atoms with Gasteiger partial charge in [0.25, 0.3) is 0 Å². The maximum Gasteiger partial charge on any atom is 0.337 e. The first-order chi connectivity index (χ1) is 8.99. The lowest BCUT2D eigenvalue weighted by Crippen LogP contribution is -2.03. The summed E-state index contributed by atoms with van der Waals surface area (Å²) in [6, 6.07) is 9.80. The van der Waals surface area contributed by atoms with Crippen LogP contribution in [0.3, 0.4) is 0 Å². The molecule has 19 heavy (non-hydrogen) atoms. The van der Waals surface area contributed by atoms with Crippen LogP contribution in [0.5, 0.6) is 11.5 Å². The number of carboxylic acids is 1. The summed E-state index contributed by atoms with van der Waals surface area (Å²) in [5.41, 5.74) is 6.74. The van der Waals surface area contributed by atoms with Crippen molar-refractivity contribution < 1.29 is 14.6 Å². The summed E-state index contributed by atoms with van der Waals surface area (Å²) in [5, 5.41) is 9.60. The number of carboxylic acid groups (broad SMARTS) is 1. The summed E-state index contributed by atoms with van der Waals surface area (Å²) in [6.45, 7) is 1.85. The van der Waals surface area contributed by atoms with E-state index in [1.165, 1.54) is 6.07 Å². The molecule has 2 aromatic rings. The Morgan fingerprint density at radius 1 is 1.26 bits per heavy atom. The van der Waals surface area contributed by atoms with Crippen molar-refractivity contribution in [2.24, 2.45) is 0 Å². The van der Waals surface area contributed by atoms with Crippen LogP contribution in [0.1, 0.15) is 15.9 Å². The number of nitrogen functional groups attached to an aromatic ring is 1. The first-order valence-corrected chi connectivity index (χ1v) is 5.92. The van der Waals surface area contributed by atoms with Crippen LogP contribution in [0.2, 0.25) is 5.02 Å². The Kier molecular flexibility index (Phi) is 3.62. The summed E-state index contributed by atoms with van der Waals surface area (Å²) >= 11 is 5.86. The van der Waals surface area contributed by atoms with Crippen molar-refractivity contribution >= 4 is 23.3 Å². The Labute approximate surface area is 115 Å². The molecule has 0 unspecified atom stereocenters. The third kappa shape index (κ3) is 2.80. The van der Waals surface area contributed by atoms with E-state index in [0.717, 1.165) is 5.56 Å². The molecule has 5 heteroatoms. The minimum absolute atomic E-state index is 0.0177. The highest BCUT2D eigenvalue weighted by Crippen LogP contribution is 2.32. The predicted molar refractivity (Wildman–Crippen MR) is 74.1 cm³/mol. The van der Waals surface area contributed by atoms with Crippen LogP contribution >= 0.6 is 11.6 Å². The van der Waals surface area contributed by atoms with E-state index in [-0.39, 0.29) is 11.3 Å². The van der Waals surface area contributed by atoms with Crippen molar-refractivity contribution in [3.8, 4) is 11.5 Å². The van der Waals surface area contributed by atoms with Crippen molar-refractivity contribution in [1.82, 2.24) is 0 Å². The number of hydrogen-bond donors (Lipinski definition) is 2. The number of ether oxygens (including phenoxy) is 1. The van der Waals surface area contributed by atoms with Gasteiger partial charge in [-0.05, 0) is 42.8 Å². The summed E-state index contributed by atoms with van der Waals surface area (Å²) in [4.78, 5) is 11.0. The van der Waals surface area contributed by atoms with Crippen LogP contribution in [-0.4, -0.2) is 11.1 Å². The molecule has 4 nitrogen and oxygen atoms in total. The molecular formula is C14H12ClNO3. The number of aryl methyl sites for hydroxylation is 1. The van der Waals surface area contributed by atoms with Gasteiger partial charge in [0, 0.05) is 5.02 Å². The van der Waals surface area contributed by atoms with Gasteiger partial charge in [-0.2, -0.15) is 0 Å². The summed E-state index contributed by atoms with van der Waals surface area (Å²) < 4.78 is 5.64. The smallest absolute Gasteiger partial charge is 0.337 e. The fraction of sp³-hybridized carbons (Fsp3) is 0.0714. The molecule has 0 radical (unpaired) electrons. The highest BCUT2D eigenvalue weighted by Gasteiger charge is 2.13. The number of halogens is 1. The lowest BCUT2D eigenvalue weighted by atomic mass is 10.1. The molecule has 3 N–H and O–H groups in total. The molecule has 0 heterocycles. The molecule has 0 atom stereocenters. The highest BCUT2D eigenvalue weighted by atomic mass is 35.5. The minimum atomic E-state index is -1.09. The van der Waals surface area contributed by atoms with E-state index < -0.39 is 5.97 Å². The van der Waals surface area contributed by atoms with Gasteiger partial charge in [0.15, 0.2) is 5.75 Å². The second kappa shape index (κ2) is 5.20. The van der Waals surface area contributed by atoms with Crippen molar-refractivity contribution in [2.45, 2.75) is 6.92 Å². The molecule has 0 aromatic heterocycles. The van der Waals surface area contributed by atoms with E-state index in [0.29, 0.717) is 16.5 Å². The molecule has 98 valence electrons. The maximum absolute atomic E-state index is 11.0. The Bertz CT molecular complexity index is 641. The van der Waals surface area contributed by atoms with Crippen LogP contribution in [0.25, 0.3) is 0 Å². The van der Waals surface area contributed by atoms with Gasteiger partial charge in [-0.25, -0.2) is 4.79 Å². The molecule has 0 saturated carbocycles. The van der Waals surface area contributed by atoms with Crippen LogP contribution in [0, 0.1) is 6.92 Å². The largest absolute Gasteiger partial charge is 0.478 e. The van der Waals surface area contributed by atoms with Gasteiger partial charge in [-0.1, -0.05) is 17.7 Å². The van der Waals surface area contributed by atoms with Gasteiger partial charge in [0.05, 0.1) is 11.3 Å². The molecule has 0 aliphatic heterocycles.